The highest BCUT2D eigenvalue weighted by atomic mass is 15.3. The number of hydrogen-bond donors (Lipinski definition) is 0. The number of anilines is 1. The van der Waals surface area contributed by atoms with Crippen LogP contribution in [0.3, 0.4) is 0 Å². The number of rotatable bonds is 3. The summed E-state index contributed by atoms with van der Waals surface area (Å²) >= 11 is 0. The van der Waals surface area contributed by atoms with Gasteiger partial charge in [0.1, 0.15) is 0 Å². The number of para-hydroxylation sites is 2. The fourth-order valence-electron chi connectivity index (χ4n) is 3.16. The lowest BCUT2D eigenvalue weighted by Gasteiger charge is -2.30. The van der Waals surface area contributed by atoms with Gasteiger partial charge in [-0.15, -0.1) is 0 Å². The standard InChI is InChI=1S/C19H19N3/c1-2-9-18(10-3-1)22-15-16(13-20-22)14-21-12-6-8-17-7-4-5-11-19(17)21/h1-5,7,9-11,13,15H,6,8,12,14H2. The van der Waals surface area contributed by atoms with Crippen LogP contribution >= 0.6 is 0 Å². The zero-order valence-corrected chi connectivity index (χ0v) is 12.5. The Morgan fingerprint density at radius 1 is 0.955 bits per heavy atom. The highest BCUT2D eigenvalue weighted by Gasteiger charge is 2.16. The summed E-state index contributed by atoms with van der Waals surface area (Å²) in [6, 6.07) is 19.0. The van der Waals surface area contributed by atoms with E-state index in [1.807, 2.05) is 29.1 Å². The third-order valence-electron chi connectivity index (χ3n) is 4.24. The Kier molecular flexibility index (Phi) is 3.39. The predicted octanol–water partition coefficient (Wildman–Crippen LogP) is 3.83. The van der Waals surface area contributed by atoms with Crippen molar-refractivity contribution in [2.75, 3.05) is 11.4 Å². The van der Waals surface area contributed by atoms with Crippen molar-refractivity contribution in [2.45, 2.75) is 19.4 Å². The van der Waals surface area contributed by atoms with Crippen molar-refractivity contribution < 1.29 is 0 Å². The molecule has 0 N–H and O–H groups in total. The van der Waals surface area contributed by atoms with Crippen LogP contribution in [0.4, 0.5) is 5.69 Å². The third kappa shape index (κ3) is 2.50. The first kappa shape index (κ1) is 13.1. The van der Waals surface area contributed by atoms with Crippen LogP contribution < -0.4 is 4.90 Å². The molecule has 4 rings (SSSR count). The molecule has 0 amide bonds. The summed E-state index contributed by atoms with van der Waals surface area (Å²) in [4.78, 5) is 2.46. The van der Waals surface area contributed by atoms with Crippen molar-refractivity contribution in [3.63, 3.8) is 0 Å². The molecule has 3 nitrogen and oxygen atoms in total. The van der Waals surface area contributed by atoms with E-state index in [9.17, 15) is 0 Å². The van der Waals surface area contributed by atoms with E-state index in [-0.39, 0.29) is 0 Å². The van der Waals surface area contributed by atoms with E-state index >= 15 is 0 Å². The Hall–Kier alpha value is -2.55. The van der Waals surface area contributed by atoms with Crippen molar-refractivity contribution in [2.24, 2.45) is 0 Å². The van der Waals surface area contributed by atoms with E-state index in [4.69, 9.17) is 0 Å². The summed E-state index contributed by atoms with van der Waals surface area (Å²) < 4.78 is 1.95. The van der Waals surface area contributed by atoms with E-state index in [0.717, 1.165) is 18.8 Å². The van der Waals surface area contributed by atoms with Gasteiger partial charge in [-0.05, 0) is 36.6 Å². The molecule has 0 radical (unpaired) electrons. The molecule has 0 bridgehead atoms. The highest BCUT2D eigenvalue weighted by molar-refractivity contribution is 5.55. The Labute approximate surface area is 130 Å². The summed E-state index contributed by atoms with van der Waals surface area (Å²) in [6.45, 7) is 2.04. The molecule has 2 heterocycles. The van der Waals surface area contributed by atoms with E-state index in [1.165, 1.54) is 29.7 Å². The normalized spacial score (nSPS) is 13.9. The first-order chi connectivity index (χ1) is 10.9. The quantitative estimate of drug-likeness (QED) is 0.731. The van der Waals surface area contributed by atoms with E-state index < -0.39 is 0 Å². The van der Waals surface area contributed by atoms with E-state index in [2.05, 4.69) is 52.6 Å². The Morgan fingerprint density at radius 2 is 1.77 bits per heavy atom. The average molecular weight is 289 g/mol. The van der Waals surface area contributed by atoms with Gasteiger partial charge in [0, 0.05) is 30.5 Å². The molecule has 2 aromatic carbocycles. The second-order valence-corrected chi connectivity index (χ2v) is 5.78. The van der Waals surface area contributed by atoms with Crippen LogP contribution in [0, 0.1) is 0 Å². The van der Waals surface area contributed by atoms with Crippen LogP contribution in [0.1, 0.15) is 17.5 Å². The molecule has 0 saturated carbocycles. The zero-order chi connectivity index (χ0) is 14.8. The Bertz CT molecular complexity index is 761. The lowest BCUT2D eigenvalue weighted by atomic mass is 10.0. The molecule has 22 heavy (non-hydrogen) atoms. The van der Waals surface area contributed by atoms with Crippen LogP contribution in [-0.2, 0) is 13.0 Å². The summed E-state index contributed by atoms with van der Waals surface area (Å²) in [5.74, 6) is 0. The summed E-state index contributed by atoms with van der Waals surface area (Å²) in [5, 5.41) is 4.50. The highest BCUT2D eigenvalue weighted by Crippen LogP contribution is 2.28. The fourth-order valence-corrected chi connectivity index (χ4v) is 3.16. The summed E-state index contributed by atoms with van der Waals surface area (Å²) in [6.07, 6.45) is 6.52. The van der Waals surface area contributed by atoms with Crippen molar-refractivity contribution in [3.05, 3.63) is 78.1 Å². The molecule has 0 atom stereocenters. The topological polar surface area (TPSA) is 21.1 Å². The molecule has 110 valence electrons. The monoisotopic (exact) mass is 289 g/mol. The maximum atomic E-state index is 4.50. The molecular weight excluding hydrogens is 270 g/mol. The Balaban J connectivity index is 1.57. The minimum atomic E-state index is 0.920. The maximum absolute atomic E-state index is 4.50. The van der Waals surface area contributed by atoms with Gasteiger partial charge in [0.2, 0.25) is 0 Å². The van der Waals surface area contributed by atoms with Crippen LogP contribution in [-0.4, -0.2) is 16.3 Å². The molecule has 0 spiro atoms. The molecule has 0 aliphatic carbocycles. The molecule has 1 aliphatic rings. The van der Waals surface area contributed by atoms with Gasteiger partial charge in [0.05, 0.1) is 11.9 Å². The lowest BCUT2D eigenvalue weighted by Crippen LogP contribution is -2.28. The van der Waals surface area contributed by atoms with Crippen molar-refractivity contribution in [1.29, 1.82) is 0 Å². The number of benzene rings is 2. The average Bonchev–Trinajstić information content (AvgIpc) is 3.05. The van der Waals surface area contributed by atoms with Gasteiger partial charge in [0.25, 0.3) is 0 Å². The number of nitrogens with zero attached hydrogens (tertiary/aromatic N) is 3. The largest absolute Gasteiger partial charge is 0.367 e. The molecule has 3 heteroatoms. The van der Waals surface area contributed by atoms with Crippen LogP contribution in [0.5, 0.6) is 0 Å². The van der Waals surface area contributed by atoms with Gasteiger partial charge in [-0.3, -0.25) is 0 Å². The molecular formula is C19H19N3. The van der Waals surface area contributed by atoms with E-state index in [1.54, 1.807) is 0 Å². The van der Waals surface area contributed by atoms with E-state index in [0.29, 0.717) is 0 Å². The minimum absolute atomic E-state index is 0.920. The second kappa shape index (κ2) is 5.68. The van der Waals surface area contributed by atoms with Gasteiger partial charge < -0.3 is 4.90 Å². The summed E-state index contributed by atoms with van der Waals surface area (Å²) in [5.41, 5.74) is 5.19. The number of aromatic nitrogens is 2. The smallest absolute Gasteiger partial charge is 0.0645 e. The first-order valence-corrected chi connectivity index (χ1v) is 7.82. The van der Waals surface area contributed by atoms with Gasteiger partial charge in [0.15, 0.2) is 0 Å². The van der Waals surface area contributed by atoms with Gasteiger partial charge in [-0.1, -0.05) is 36.4 Å². The van der Waals surface area contributed by atoms with Gasteiger partial charge in [-0.25, -0.2) is 4.68 Å². The minimum Gasteiger partial charge on any atom is -0.367 e. The van der Waals surface area contributed by atoms with Gasteiger partial charge in [-0.2, -0.15) is 5.10 Å². The number of aryl methyl sites for hydroxylation is 1. The van der Waals surface area contributed by atoms with Gasteiger partial charge >= 0.3 is 0 Å². The zero-order valence-electron chi connectivity index (χ0n) is 12.5. The van der Waals surface area contributed by atoms with Crippen molar-refractivity contribution in [1.82, 2.24) is 9.78 Å². The molecule has 1 aliphatic heterocycles. The van der Waals surface area contributed by atoms with Crippen LogP contribution in [0.15, 0.2) is 67.0 Å². The Morgan fingerprint density at radius 3 is 2.68 bits per heavy atom. The third-order valence-corrected chi connectivity index (χ3v) is 4.24. The van der Waals surface area contributed by atoms with Crippen LogP contribution in [0.2, 0.25) is 0 Å². The molecule has 0 saturated heterocycles. The van der Waals surface area contributed by atoms with Crippen LogP contribution in [0.25, 0.3) is 5.69 Å². The first-order valence-electron chi connectivity index (χ1n) is 7.82. The van der Waals surface area contributed by atoms with Crippen molar-refractivity contribution >= 4 is 5.69 Å². The molecule has 0 unspecified atom stereocenters. The lowest BCUT2D eigenvalue weighted by molar-refractivity contribution is 0.691. The van der Waals surface area contributed by atoms with Crippen molar-refractivity contribution in [3.8, 4) is 5.69 Å². The maximum Gasteiger partial charge on any atom is 0.0645 e. The SMILES string of the molecule is c1ccc(-n2cc(CN3CCCc4ccccc43)cn2)cc1. The second-order valence-electron chi connectivity index (χ2n) is 5.78. The fraction of sp³-hybridized carbons (Fsp3) is 0.211. The number of fused-ring (bicyclic) bond motifs is 1. The molecule has 1 aromatic heterocycles. The number of hydrogen-bond acceptors (Lipinski definition) is 2. The summed E-state index contributed by atoms with van der Waals surface area (Å²) in [7, 11) is 0. The molecule has 3 aromatic rings. The predicted molar refractivity (Wildman–Crippen MR) is 89.4 cm³/mol. The molecule has 0 fully saturated rings.